The molecule has 19 heavy (non-hydrogen) atoms. The molecular formula is C14H27NO4. The molecule has 0 bridgehead atoms. The largest absolute Gasteiger partial charge is 0.444 e. The Kier molecular flexibility index (Phi) is 6.58. The summed E-state index contributed by atoms with van der Waals surface area (Å²) >= 11 is 0. The number of piperidine rings is 1. The van der Waals surface area contributed by atoms with Gasteiger partial charge in [0, 0.05) is 32.9 Å². The number of rotatable bonds is 5. The predicted octanol–water partition coefficient (Wildman–Crippen LogP) is 2.03. The van der Waals surface area contributed by atoms with Crippen LogP contribution in [0.1, 0.15) is 40.0 Å². The van der Waals surface area contributed by atoms with Crippen molar-refractivity contribution in [2.45, 2.75) is 45.6 Å². The Hall–Kier alpha value is -0.810. The second-order valence-corrected chi connectivity index (χ2v) is 6.06. The van der Waals surface area contributed by atoms with E-state index in [1.165, 1.54) is 0 Å². The number of likely N-dealkylation sites (tertiary alicyclic amines) is 1. The van der Waals surface area contributed by atoms with Crippen LogP contribution in [0.15, 0.2) is 0 Å². The summed E-state index contributed by atoms with van der Waals surface area (Å²) in [6.45, 7) is 8.64. The van der Waals surface area contributed by atoms with Crippen LogP contribution < -0.4 is 0 Å². The summed E-state index contributed by atoms with van der Waals surface area (Å²) in [5.74, 6) is 0.511. The molecule has 5 nitrogen and oxygen atoms in total. The highest BCUT2D eigenvalue weighted by atomic mass is 16.6. The quantitative estimate of drug-likeness (QED) is 0.779. The molecule has 1 fully saturated rings. The van der Waals surface area contributed by atoms with E-state index < -0.39 is 5.60 Å². The zero-order valence-corrected chi connectivity index (χ0v) is 12.4. The molecule has 0 radical (unpaired) electrons. The highest BCUT2D eigenvalue weighted by Gasteiger charge is 2.26. The van der Waals surface area contributed by atoms with E-state index in [0.717, 1.165) is 32.5 Å². The van der Waals surface area contributed by atoms with Crippen LogP contribution in [0.25, 0.3) is 0 Å². The molecule has 0 spiro atoms. The fourth-order valence-corrected chi connectivity index (χ4v) is 2.03. The maximum atomic E-state index is 11.9. The zero-order valence-electron chi connectivity index (χ0n) is 12.4. The lowest BCUT2D eigenvalue weighted by molar-refractivity contribution is 0.0110. The third-order valence-corrected chi connectivity index (χ3v) is 3.07. The molecule has 1 aliphatic heterocycles. The van der Waals surface area contributed by atoms with Gasteiger partial charge < -0.3 is 19.5 Å². The van der Waals surface area contributed by atoms with Gasteiger partial charge >= 0.3 is 6.09 Å². The lowest BCUT2D eigenvalue weighted by atomic mass is 9.98. The van der Waals surface area contributed by atoms with Gasteiger partial charge in [0.05, 0.1) is 0 Å². The highest BCUT2D eigenvalue weighted by molar-refractivity contribution is 5.68. The topological polar surface area (TPSA) is 59.0 Å². The minimum atomic E-state index is -0.429. The summed E-state index contributed by atoms with van der Waals surface area (Å²) in [4.78, 5) is 13.6. The van der Waals surface area contributed by atoms with E-state index in [1.54, 1.807) is 4.90 Å². The van der Waals surface area contributed by atoms with Crippen LogP contribution in [0.5, 0.6) is 0 Å². The van der Waals surface area contributed by atoms with E-state index in [-0.39, 0.29) is 12.7 Å². The van der Waals surface area contributed by atoms with Gasteiger partial charge in [-0.25, -0.2) is 4.79 Å². The third-order valence-electron chi connectivity index (χ3n) is 3.07. The van der Waals surface area contributed by atoms with Crippen molar-refractivity contribution in [1.82, 2.24) is 4.90 Å². The van der Waals surface area contributed by atoms with E-state index in [4.69, 9.17) is 14.6 Å². The Balaban J connectivity index is 2.19. The minimum Gasteiger partial charge on any atom is -0.444 e. The Morgan fingerprint density at radius 2 is 1.95 bits per heavy atom. The van der Waals surface area contributed by atoms with Gasteiger partial charge in [-0.15, -0.1) is 0 Å². The first-order valence-corrected chi connectivity index (χ1v) is 7.09. The molecule has 1 N–H and O–H groups in total. The standard InChI is InChI=1S/C14H27NO4/c1-14(2,3)19-13(17)15-7-5-12(6-8-15)11-18-10-4-9-16/h12,16H,4-11H2,1-3H3. The van der Waals surface area contributed by atoms with Crippen LogP contribution in [-0.2, 0) is 9.47 Å². The summed E-state index contributed by atoms with van der Waals surface area (Å²) in [5, 5.41) is 8.65. The number of ether oxygens (including phenoxy) is 2. The smallest absolute Gasteiger partial charge is 0.410 e. The number of carbonyl (C=O) groups excluding carboxylic acids is 1. The first-order chi connectivity index (χ1) is 8.92. The second kappa shape index (κ2) is 7.70. The van der Waals surface area contributed by atoms with Crippen LogP contribution in [0.3, 0.4) is 0 Å². The van der Waals surface area contributed by atoms with Crippen molar-refractivity contribution >= 4 is 6.09 Å². The maximum absolute atomic E-state index is 11.9. The van der Waals surface area contributed by atoms with Crippen molar-refractivity contribution in [3.63, 3.8) is 0 Å². The van der Waals surface area contributed by atoms with Crippen LogP contribution in [0, 0.1) is 5.92 Å². The summed E-state index contributed by atoms with van der Waals surface area (Å²) in [5.41, 5.74) is -0.429. The number of aliphatic hydroxyl groups excluding tert-OH is 1. The zero-order chi connectivity index (χ0) is 14.3. The minimum absolute atomic E-state index is 0.178. The first kappa shape index (κ1) is 16.2. The van der Waals surface area contributed by atoms with Gasteiger partial charge in [0.15, 0.2) is 0 Å². The van der Waals surface area contributed by atoms with Gasteiger partial charge in [0.2, 0.25) is 0 Å². The molecule has 0 aliphatic carbocycles. The molecule has 1 saturated heterocycles. The molecule has 1 aliphatic rings. The molecule has 0 aromatic rings. The van der Waals surface area contributed by atoms with E-state index >= 15 is 0 Å². The van der Waals surface area contributed by atoms with Crippen LogP contribution in [0.4, 0.5) is 4.79 Å². The average Bonchev–Trinajstić information content (AvgIpc) is 2.33. The predicted molar refractivity (Wildman–Crippen MR) is 73.1 cm³/mol. The van der Waals surface area contributed by atoms with E-state index in [0.29, 0.717) is 18.9 Å². The van der Waals surface area contributed by atoms with Gasteiger partial charge in [-0.05, 0) is 46.0 Å². The molecule has 0 saturated carbocycles. The van der Waals surface area contributed by atoms with Gasteiger partial charge in [-0.3, -0.25) is 0 Å². The molecule has 1 rings (SSSR count). The summed E-state index contributed by atoms with van der Waals surface area (Å²) in [6.07, 6.45) is 2.39. The number of hydrogen-bond acceptors (Lipinski definition) is 4. The van der Waals surface area contributed by atoms with Crippen molar-refractivity contribution < 1.29 is 19.4 Å². The Morgan fingerprint density at radius 1 is 1.32 bits per heavy atom. The fourth-order valence-electron chi connectivity index (χ4n) is 2.03. The van der Waals surface area contributed by atoms with E-state index in [2.05, 4.69) is 0 Å². The molecule has 1 heterocycles. The number of carbonyl (C=O) groups is 1. The molecule has 0 unspecified atom stereocenters. The van der Waals surface area contributed by atoms with Crippen molar-refractivity contribution in [2.75, 3.05) is 32.9 Å². The number of amides is 1. The highest BCUT2D eigenvalue weighted by Crippen LogP contribution is 2.19. The fraction of sp³-hybridized carbons (Fsp3) is 0.929. The molecular weight excluding hydrogens is 246 g/mol. The summed E-state index contributed by atoms with van der Waals surface area (Å²) < 4.78 is 10.8. The van der Waals surface area contributed by atoms with Crippen molar-refractivity contribution in [3.05, 3.63) is 0 Å². The van der Waals surface area contributed by atoms with E-state index in [1.807, 2.05) is 20.8 Å². The van der Waals surface area contributed by atoms with Crippen molar-refractivity contribution in [1.29, 1.82) is 0 Å². The number of aliphatic hydroxyl groups is 1. The first-order valence-electron chi connectivity index (χ1n) is 7.09. The Labute approximate surface area is 115 Å². The molecule has 5 heteroatoms. The normalized spacial score (nSPS) is 17.6. The number of nitrogens with zero attached hydrogens (tertiary/aromatic N) is 1. The van der Waals surface area contributed by atoms with Crippen molar-refractivity contribution in [2.24, 2.45) is 5.92 Å². The average molecular weight is 273 g/mol. The van der Waals surface area contributed by atoms with Gasteiger partial charge in [0.1, 0.15) is 5.60 Å². The van der Waals surface area contributed by atoms with Crippen molar-refractivity contribution in [3.8, 4) is 0 Å². The van der Waals surface area contributed by atoms with E-state index in [9.17, 15) is 4.79 Å². The molecule has 1 amide bonds. The van der Waals surface area contributed by atoms with Crippen LogP contribution in [0.2, 0.25) is 0 Å². The number of hydrogen-bond donors (Lipinski definition) is 1. The molecule has 0 atom stereocenters. The summed E-state index contributed by atoms with van der Waals surface area (Å²) in [7, 11) is 0. The van der Waals surface area contributed by atoms with Gasteiger partial charge in [-0.1, -0.05) is 0 Å². The molecule has 0 aromatic heterocycles. The monoisotopic (exact) mass is 273 g/mol. The molecule has 0 aromatic carbocycles. The third kappa shape index (κ3) is 6.78. The Morgan fingerprint density at radius 3 is 2.47 bits per heavy atom. The lowest BCUT2D eigenvalue weighted by Gasteiger charge is -2.33. The van der Waals surface area contributed by atoms with Gasteiger partial charge in [0.25, 0.3) is 0 Å². The van der Waals surface area contributed by atoms with Crippen LogP contribution in [-0.4, -0.2) is 54.6 Å². The molecule has 112 valence electrons. The Bertz CT molecular complexity index is 267. The van der Waals surface area contributed by atoms with Gasteiger partial charge in [-0.2, -0.15) is 0 Å². The lowest BCUT2D eigenvalue weighted by Crippen LogP contribution is -2.42. The summed E-state index contributed by atoms with van der Waals surface area (Å²) in [6, 6.07) is 0. The second-order valence-electron chi connectivity index (χ2n) is 6.06. The SMILES string of the molecule is CC(C)(C)OC(=O)N1CCC(COCCCO)CC1. The maximum Gasteiger partial charge on any atom is 0.410 e. The van der Waals surface area contributed by atoms with Crippen LogP contribution >= 0.6 is 0 Å².